The lowest BCUT2D eigenvalue weighted by atomic mass is 9.84. The molecule has 3 N–H and O–H groups in total. The number of aliphatic hydroxyl groups is 1. The fraction of sp³-hybridized carbons (Fsp3) is 0.778. The molecule has 0 amide bonds. The van der Waals surface area contributed by atoms with Gasteiger partial charge in [0.1, 0.15) is 0 Å². The number of guanidine groups is 1. The Labute approximate surface area is 178 Å². The number of aromatic nitrogens is 1. The molecule has 6 nitrogen and oxygen atoms in total. The predicted octanol–water partition coefficient (Wildman–Crippen LogP) is 2.74. The van der Waals surface area contributed by atoms with Crippen LogP contribution in [-0.2, 0) is 11.2 Å². The van der Waals surface area contributed by atoms with Crippen LogP contribution in [0.1, 0.15) is 43.3 Å². The Kier molecular flexibility index (Phi) is 11.7. The number of hydrogen-bond donors (Lipinski definition) is 3. The zero-order valence-electron chi connectivity index (χ0n) is 15.9. The van der Waals surface area contributed by atoms with Gasteiger partial charge in [0.2, 0.25) is 0 Å². The Bertz CT molecular complexity index is 533. The van der Waals surface area contributed by atoms with Gasteiger partial charge in [0, 0.05) is 42.8 Å². The van der Waals surface area contributed by atoms with E-state index >= 15 is 0 Å². The molecule has 0 aromatic carbocycles. The van der Waals surface area contributed by atoms with Crippen molar-refractivity contribution in [3.05, 3.63) is 16.1 Å². The van der Waals surface area contributed by atoms with Gasteiger partial charge < -0.3 is 20.5 Å². The Balaban J connectivity index is 0.00000338. The number of aliphatic imine (C=N–C) groups is 1. The minimum atomic E-state index is -0.000197. The molecule has 0 aliphatic carbocycles. The van der Waals surface area contributed by atoms with Gasteiger partial charge in [-0.25, -0.2) is 4.98 Å². The van der Waals surface area contributed by atoms with Crippen molar-refractivity contribution in [1.82, 2.24) is 15.6 Å². The van der Waals surface area contributed by atoms with E-state index in [0.29, 0.717) is 13.2 Å². The van der Waals surface area contributed by atoms with Gasteiger partial charge in [-0.05, 0) is 46.0 Å². The molecule has 150 valence electrons. The van der Waals surface area contributed by atoms with E-state index in [0.717, 1.165) is 63.5 Å². The zero-order valence-corrected chi connectivity index (χ0v) is 19.1. The number of rotatable bonds is 10. The lowest BCUT2D eigenvalue weighted by Gasteiger charge is -2.24. The highest BCUT2D eigenvalue weighted by atomic mass is 127. The summed E-state index contributed by atoms with van der Waals surface area (Å²) in [4.78, 5) is 9.24. The van der Waals surface area contributed by atoms with Gasteiger partial charge in [-0.2, -0.15) is 0 Å². The molecule has 0 radical (unpaired) electrons. The monoisotopic (exact) mass is 496 g/mol. The summed E-state index contributed by atoms with van der Waals surface area (Å²) >= 11 is 1.75. The lowest BCUT2D eigenvalue weighted by molar-refractivity contribution is 0.131. The molecular formula is C18H33IN4O2S. The van der Waals surface area contributed by atoms with E-state index in [9.17, 15) is 5.11 Å². The molecule has 1 aromatic heterocycles. The molecule has 2 rings (SSSR count). The van der Waals surface area contributed by atoms with Crippen LogP contribution in [0.25, 0.3) is 0 Å². The largest absolute Gasteiger partial charge is 0.396 e. The molecule has 26 heavy (non-hydrogen) atoms. The standard InChI is InChI=1S/C18H32N4O2S.HI/c1-3-19-17(21-13-18(7-10-23)8-11-24-14-18)20-9-5-4-6-16-22-15(2)12-25-16;/h12,23H,3-11,13-14H2,1-2H3,(H2,19,20,21);1H. The van der Waals surface area contributed by atoms with Crippen LogP contribution in [0.2, 0.25) is 0 Å². The number of unbranched alkanes of at least 4 members (excludes halogenated alkanes) is 1. The van der Waals surface area contributed by atoms with E-state index in [1.54, 1.807) is 11.3 Å². The van der Waals surface area contributed by atoms with Crippen LogP contribution in [0, 0.1) is 12.3 Å². The van der Waals surface area contributed by atoms with Gasteiger partial charge in [-0.1, -0.05) is 0 Å². The predicted molar refractivity (Wildman–Crippen MR) is 119 cm³/mol. The van der Waals surface area contributed by atoms with E-state index in [2.05, 4.69) is 27.9 Å². The first kappa shape index (κ1) is 23.6. The number of hydrogen-bond acceptors (Lipinski definition) is 5. The Morgan fingerprint density at radius 1 is 1.42 bits per heavy atom. The summed E-state index contributed by atoms with van der Waals surface area (Å²) < 4.78 is 5.54. The maximum absolute atomic E-state index is 9.32. The van der Waals surface area contributed by atoms with E-state index in [1.165, 1.54) is 5.01 Å². The van der Waals surface area contributed by atoms with Crippen molar-refractivity contribution in [3.8, 4) is 0 Å². The van der Waals surface area contributed by atoms with Crippen molar-refractivity contribution in [3.63, 3.8) is 0 Å². The van der Waals surface area contributed by atoms with Crippen molar-refractivity contribution < 1.29 is 9.84 Å². The summed E-state index contributed by atoms with van der Waals surface area (Å²) in [5.41, 5.74) is 1.12. The third-order valence-corrected chi connectivity index (χ3v) is 5.55. The van der Waals surface area contributed by atoms with Gasteiger partial charge >= 0.3 is 0 Å². The summed E-state index contributed by atoms with van der Waals surface area (Å²) in [6.45, 7) is 8.22. The van der Waals surface area contributed by atoms with Crippen molar-refractivity contribution in [1.29, 1.82) is 0 Å². The SMILES string of the molecule is CCNC(=NCC1(CCO)CCOC1)NCCCCc1nc(C)cs1.I. The van der Waals surface area contributed by atoms with E-state index in [1.807, 2.05) is 6.92 Å². The number of halogens is 1. The van der Waals surface area contributed by atoms with Crippen LogP contribution in [0.15, 0.2) is 10.4 Å². The minimum Gasteiger partial charge on any atom is -0.396 e. The molecule has 0 saturated carbocycles. The van der Waals surface area contributed by atoms with Crippen LogP contribution in [0.5, 0.6) is 0 Å². The van der Waals surface area contributed by atoms with Gasteiger partial charge in [0.05, 0.1) is 18.2 Å². The molecule has 0 bridgehead atoms. The molecule has 1 aliphatic heterocycles. The first-order valence-electron chi connectivity index (χ1n) is 9.29. The highest BCUT2D eigenvalue weighted by Gasteiger charge is 2.34. The molecule has 1 unspecified atom stereocenters. The van der Waals surface area contributed by atoms with Crippen LogP contribution in [-0.4, -0.2) is 55.5 Å². The molecular weight excluding hydrogens is 463 g/mol. The highest BCUT2D eigenvalue weighted by molar-refractivity contribution is 14.0. The topological polar surface area (TPSA) is 78.8 Å². The average molecular weight is 496 g/mol. The molecule has 0 spiro atoms. The van der Waals surface area contributed by atoms with Gasteiger partial charge in [0.25, 0.3) is 0 Å². The molecule has 1 saturated heterocycles. The van der Waals surface area contributed by atoms with Gasteiger partial charge in [-0.15, -0.1) is 35.3 Å². The van der Waals surface area contributed by atoms with Crippen LogP contribution < -0.4 is 10.6 Å². The van der Waals surface area contributed by atoms with Crippen molar-refractivity contribution in [2.75, 3.05) is 39.5 Å². The van der Waals surface area contributed by atoms with Crippen molar-refractivity contribution >= 4 is 41.3 Å². The fourth-order valence-electron chi connectivity index (χ4n) is 3.00. The average Bonchev–Trinajstić information content (AvgIpc) is 3.22. The maximum Gasteiger partial charge on any atom is 0.191 e. The molecule has 2 heterocycles. The normalized spacial score (nSPS) is 20.0. The first-order chi connectivity index (χ1) is 12.2. The molecule has 1 atom stereocenters. The second-order valence-corrected chi connectivity index (χ2v) is 7.68. The quantitative estimate of drug-likeness (QED) is 0.201. The number of ether oxygens (including phenoxy) is 1. The molecule has 1 fully saturated rings. The molecule has 1 aliphatic rings. The van der Waals surface area contributed by atoms with E-state index < -0.39 is 0 Å². The van der Waals surface area contributed by atoms with Gasteiger partial charge in [0.15, 0.2) is 5.96 Å². The Hall–Kier alpha value is -0.450. The zero-order chi connectivity index (χ0) is 18.0. The second-order valence-electron chi connectivity index (χ2n) is 6.74. The first-order valence-corrected chi connectivity index (χ1v) is 10.2. The highest BCUT2D eigenvalue weighted by Crippen LogP contribution is 2.32. The summed E-state index contributed by atoms with van der Waals surface area (Å²) in [6, 6.07) is 0. The smallest absolute Gasteiger partial charge is 0.191 e. The van der Waals surface area contributed by atoms with Crippen LogP contribution in [0.4, 0.5) is 0 Å². The number of thiazole rings is 1. The second kappa shape index (κ2) is 12.9. The Morgan fingerprint density at radius 2 is 2.27 bits per heavy atom. The number of aliphatic hydroxyl groups excluding tert-OH is 1. The fourth-order valence-corrected chi connectivity index (χ4v) is 3.82. The Morgan fingerprint density at radius 3 is 2.88 bits per heavy atom. The minimum absolute atomic E-state index is 0. The van der Waals surface area contributed by atoms with Gasteiger partial charge in [-0.3, -0.25) is 4.99 Å². The number of nitrogens with one attached hydrogen (secondary N) is 2. The maximum atomic E-state index is 9.32. The molecule has 8 heteroatoms. The van der Waals surface area contributed by atoms with Crippen LogP contribution >= 0.6 is 35.3 Å². The van der Waals surface area contributed by atoms with E-state index in [-0.39, 0.29) is 36.0 Å². The summed E-state index contributed by atoms with van der Waals surface area (Å²) in [5.74, 6) is 0.858. The number of nitrogens with zero attached hydrogens (tertiary/aromatic N) is 2. The third kappa shape index (κ3) is 8.06. The van der Waals surface area contributed by atoms with E-state index in [4.69, 9.17) is 9.73 Å². The molecule has 1 aromatic rings. The summed E-state index contributed by atoms with van der Waals surface area (Å²) in [7, 11) is 0. The van der Waals surface area contributed by atoms with Crippen molar-refractivity contribution in [2.45, 2.75) is 46.0 Å². The third-order valence-electron chi connectivity index (χ3n) is 4.52. The van der Waals surface area contributed by atoms with Crippen LogP contribution in [0.3, 0.4) is 0 Å². The summed E-state index contributed by atoms with van der Waals surface area (Å²) in [5, 5.41) is 19.4. The van der Waals surface area contributed by atoms with Crippen molar-refractivity contribution in [2.24, 2.45) is 10.4 Å². The number of aryl methyl sites for hydroxylation is 2. The lowest BCUT2D eigenvalue weighted by Crippen LogP contribution is -2.39. The summed E-state index contributed by atoms with van der Waals surface area (Å²) in [6.07, 6.45) is 4.99.